The molecule has 0 radical (unpaired) electrons. The van der Waals surface area contributed by atoms with Crippen molar-refractivity contribution in [1.82, 2.24) is 16.0 Å². The van der Waals surface area contributed by atoms with Crippen molar-refractivity contribution in [2.75, 3.05) is 26.3 Å². The maximum Gasteiger partial charge on any atom is 0.328 e. The number of carbonyl (C=O) groups excluding carboxylic acids is 3. The number of carbonyl (C=O) groups is 3. The highest BCUT2D eigenvalue weighted by Gasteiger charge is 2.42. The number of nitrogens with one attached hydrogen (secondary N) is 3. The molecule has 1 saturated heterocycles. The molecule has 1 atom stereocenters. The second-order valence-corrected chi connectivity index (χ2v) is 8.36. The van der Waals surface area contributed by atoms with Crippen LogP contribution < -0.4 is 20.7 Å². The Labute approximate surface area is 208 Å². The number of nitrogens with zero attached hydrogens (tertiary/aromatic N) is 1. The van der Waals surface area contributed by atoms with Crippen LogP contribution in [0.25, 0.3) is 0 Å². The first-order valence-electron chi connectivity index (χ1n) is 11.7. The first-order valence-corrected chi connectivity index (χ1v) is 11.7. The number of nitro benzene ring substituents is 1. The van der Waals surface area contributed by atoms with Gasteiger partial charge >= 0.3 is 11.7 Å². The zero-order valence-electron chi connectivity index (χ0n) is 20.0. The third-order valence-electron chi connectivity index (χ3n) is 5.85. The number of hydrogen-bond acceptors (Lipinski definition) is 8. The molecule has 11 nitrogen and oxygen atoms in total. The Morgan fingerprint density at radius 2 is 1.75 bits per heavy atom. The molecule has 0 bridgehead atoms. The number of ether oxygens (including phenoxy) is 2. The van der Waals surface area contributed by atoms with E-state index in [1.807, 2.05) is 30.3 Å². The fourth-order valence-corrected chi connectivity index (χ4v) is 4.02. The first kappa shape index (κ1) is 26.6. The highest BCUT2D eigenvalue weighted by Crippen LogP contribution is 2.26. The summed E-state index contributed by atoms with van der Waals surface area (Å²) in [5.41, 5.74) is -0.703. The standard InChI is InChI=1S/C25H30N4O7/c1-2-35-23(31)19(16-18-8-4-3-5-9-18)27-24(32)25(12-14-26-15-13-25)28-22(30)17-36-21-11-7-6-10-20(21)29(33)34/h3-11,19,26H,2,12-17H2,1H3,(H,27,32)(H,28,30). The second kappa shape index (κ2) is 12.6. The van der Waals surface area contributed by atoms with Gasteiger partial charge in [0.1, 0.15) is 11.6 Å². The van der Waals surface area contributed by atoms with Crippen LogP contribution in [0.3, 0.4) is 0 Å². The number of amides is 2. The first-order chi connectivity index (χ1) is 17.3. The topological polar surface area (TPSA) is 149 Å². The summed E-state index contributed by atoms with van der Waals surface area (Å²) in [6.45, 7) is 2.28. The molecular formula is C25H30N4O7. The van der Waals surface area contributed by atoms with Gasteiger partial charge in [0.05, 0.1) is 11.5 Å². The molecule has 0 aromatic heterocycles. The van der Waals surface area contributed by atoms with Gasteiger partial charge in [-0.3, -0.25) is 19.7 Å². The summed E-state index contributed by atoms with van der Waals surface area (Å²) in [7, 11) is 0. The van der Waals surface area contributed by atoms with E-state index in [2.05, 4.69) is 16.0 Å². The molecule has 36 heavy (non-hydrogen) atoms. The van der Waals surface area contributed by atoms with Gasteiger partial charge in [0, 0.05) is 12.5 Å². The van der Waals surface area contributed by atoms with Gasteiger partial charge in [0.2, 0.25) is 5.91 Å². The molecule has 1 aliphatic rings. The molecule has 1 aliphatic heterocycles. The average Bonchev–Trinajstić information content (AvgIpc) is 2.88. The van der Waals surface area contributed by atoms with Crippen LogP contribution in [0.15, 0.2) is 54.6 Å². The summed E-state index contributed by atoms with van der Waals surface area (Å²) in [5, 5.41) is 19.9. The van der Waals surface area contributed by atoms with Crippen molar-refractivity contribution in [1.29, 1.82) is 0 Å². The zero-order chi connectivity index (χ0) is 26.0. The van der Waals surface area contributed by atoms with Crippen LogP contribution in [0.2, 0.25) is 0 Å². The Bertz CT molecular complexity index is 1070. The molecule has 2 aromatic rings. The monoisotopic (exact) mass is 498 g/mol. The van der Waals surface area contributed by atoms with E-state index < -0.39 is 40.9 Å². The molecule has 1 unspecified atom stereocenters. The number of nitro groups is 1. The van der Waals surface area contributed by atoms with Crippen LogP contribution in [-0.2, 0) is 25.5 Å². The normalized spacial score (nSPS) is 15.2. The van der Waals surface area contributed by atoms with Crippen LogP contribution in [0.1, 0.15) is 25.3 Å². The predicted octanol–water partition coefficient (Wildman–Crippen LogP) is 1.50. The molecular weight excluding hydrogens is 468 g/mol. The Morgan fingerprint density at radius 1 is 1.08 bits per heavy atom. The lowest BCUT2D eigenvalue weighted by atomic mass is 9.86. The second-order valence-electron chi connectivity index (χ2n) is 8.36. The Balaban J connectivity index is 1.72. The van der Waals surface area contributed by atoms with Gasteiger partial charge in [-0.25, -0.2) is 4.79 Å². The third kappa shape index (κ3) is 7.01. The highest BCUT2D eigenvalue weighted by atomic mass is 16.6. The van der Waals surface area contributed by atoms with Crippen LogP contribution in [0.4, 0.5) is 5.69 Å². The number of esters is 1. The molecule has 0 aliphatic carbocycles. The van der Waals surface area contributed by atoms with E-state index >= 15 is 0 Å². The summed E-state index contributed by atoms with van der Waals surface area (Å²) >= 11 is 0. The number of rotatable bonds is 11. The van der Waals surface area contributed by atoms with Crippen LogP contribution in [-0.4, -0.2) is 60.6 Å². The largest absolute Gasteiger partial charge is 0.477 e. The minimum atomic E-state index is -1.28. The van der Waals surface area contributed by atoms with Gasteiger partial charge in [0.15, 0.2) is 12.4 Å². The van der Waals surface area contributed by atoms with E-state index in [0.717, 1.165) is 5.56 Å². The van der Waals surface area contributed by atoms with Crippen LogP contribution >= 0.6 is 0 Å². The Kier molecular flexibility index (Phi) is 9.34. The minimum absolute atomic E-state index is 0.0494. The van der Waals surface area contributed by atoms with Crippen molar-refractivity contribution in [3.05, 3.63) is 70.3 Å². The van der Waals surface area contributed by atoms with Crippen LogP contribution in [0.5, 0.6) is 5.75 Å². The van der Waals surface area contributed by atoms with E-state index in [1.54, 1.807) is 13.0 Å². The molecule has 1 fully saturated rings. The van der Waals surface area contributed by atoms with Gasteiger partial charge in [-0.1, -0.05) is 42.5 Å². The third-order valence-corrected chi connectivity index (χ3v) is 5.85. The lowest BCUT2D eigenvalue weighted by Gasteiger charge is -2.37. The predicted molar refractivity (Wildman–Crippen MR) is 130 cm³/mol. The number of piperidine rings is 1. The van der Waals surface area contributed by atoms with E-state index in [4.69, 9.17) is 9.47 Å². The summed E-state index contributed by atoms with van der Waals surface area (Å²) in [4.78, 5) is 49.5. The molecule has 0 saturated carbocycles. The van der Waals surface area contributed by atoms with Crippen LogP contribution in [0, 0.1) is 10.1 Å². The molecule has 3 N–H and O–H groups in total. The van der Waals surface area contributed by atoms with Gasteiger partial charge in [-0.15, -0.1) is 0 Å². The summed E-state index contributed by atoms with van der Waals surface area (Å²) < 4.78 is 10.5. The molecule has 192 valence electrons. The van der Waals surface area contributed by atoms with Crippen molar-refractivity contribution in [3.8, 4) is 5.75 Å². The van der Waals surface area contributed by atoms with E-state index in [9.17, 15) is 24.5 Å². The average molecular weight is 499 g/mol. The smallest absolute Gasteiger partial charge is 0.328 e. The van der Waals surface area contributed by atoms with Crippen molar-refractivity contribution >= 4 is 23.5 Å². The minimum Gasteiger partial charge on any atom is -0.477 e. The Morgan fingerprint density at radius 3 is 2.42 bits per heavy atom. The highest BCUT2D eigenvalue weighted by molar-refractivity contribution is 5.94. The summed E-state index contributed by atoms with van der Waals surface area (Å²) in [6.07, 6.45) is 0.808. The molecule has 11 heteroatoms. The molecule has 1 heterocycles. The van der Waals surface area contributed by atoms with Crippen molar-refractivity contribution in [2.24, 2.45) is 0 Å². The van der Waals surface area contributed by atoms with Gasteiger partial charge in [-0.2, -0.15) is 0 Å². The molecule has 3 rings (SSSR count). The van der Waals surface area contributed by atoms with E-state index in [-0.39, 0.29) is 37.3 Å². The van der Waals surface area contributed by atoms with Gasteiger partial charge in [-0.05, 0) is 44.5 Å². The quantitative estimate of drug-likeness (QED) is 0.240. The SMILES string of the molecule is CCOC(=O)C(Cc1ccccc1)NC(=O)C1(NC(=O)COc2ccccc2[N+](=O)[O-])CCNCC1. The number of para-hydroxylation sites is 2. The van der Waals surface area contributed by atoms with E-state index in [1.165, 1.54) is 18.2 Å². The van der Waals surface area contributed by atoms with E-state index in [0.29, 0.717) is 13.1 Å². The molecule has 2 amide bonds. The number of hydrogen-bond donors (Lipinski definition) is 3. The lowest BCUT2D eigenvalue weighted by Crippen LogP contribution is -2.65. The fourth-order valence-electron chi connectivity index (χ4n) is 4.02. The lowest BCUT2D eigenvalue weighted by molar-refractivity contribution is -0.385. The molecule has 0 spiro atoms. The maximum atomic E-state index is 13.5. The molecule has 2 aromatic carbocycles. The Hall–Kier alpha value is -3.99. The zero-order valence-corrected chi connectivity index (χ0v) is 20.0. The van der Waals surface area contributed by atoms with Gasteiger partial charge in [0.25, 0.3) is 5.91 Å². The maximum absolute atomic E-state index is 13.5. The summed E-state index contributed by atoms with van der Waals surface area (Å²) in [5.74, 6) is -1.73. The summed E-state index contributed by atoms with van der Waals surface area (Å²) in [6, 6.07) is 14.0. The van der Waals surface area contributed by atoms with Gasteiger partial charge < -0.3 is 25.4 Å². The van der Waals surface area contributed by atoms with Crippen molar-refractivity contribution in [3.63, 3.8) is 0 Å². The fraction of sp³-hybridized carbons (Fsp3) is 0.400. The van der Waals surface area contributed by atoms with Crippen molar-refractivity contribution < 1.29 is 28.8 Å². The number of benzene rings is 2. The van der Waals surface area contributed by atoms with Crippen molar-refractivity contribution in [2.45, 2.75) is 37.8 Å².